The van der Waals surface area contributed by atoms with E-state index >= 15 is 0 Å². The molecule has 1 heterocycles. The first-order valence-electron chi connectivity index (χ1n) is 5.10. The van der Waals surface area contributed by atoms with E-state index in [1.807, 2.05) is 25.1 Å². The summed E-state index contributed by atoms with van der Waals surface area (Å²) in [4.78, 5) is 1.12. The summed E-state index contributed by atoms with van der Waals surface area (Å²) in [6, 6.07) is 8.11. The lowest BCUT2D eigenvalue weighted by atomic mass is 9.93. The molecule has 84 valence electrons. The van der Waals surface area contributed by atoms with Crippen LogP contribution in [0, 0.1) is 11.3 Å². The molecule has 0 spiro atoms. The van der Waals surface area contributed by atoms with Gasteiger partial charge in [0.05, 0.1) is 12.2 Å². The molecule has 2 nitrogen and oxygen atoms in total. The van der Waals surface area contributed by atoms with Crippen molar-refractivity contribution >= 4 is 27.7 Å². The van der Waals surface area contributed by atoms with Crippen molar-refractivity contribution in [2.24, 2.45) is 0 Å². The first kappa shape index (κ1) is 12.0. The lowest BCUT2D eigenvalue weighted by molar-refractivity contribution is 0.136. The number of hydrogen-bond acceptors (Lipinski definition) is 3. The van der Waals surface area contributed by atoms with Crippen LogP contribution >= 0.6 is 27.7 Å². The van der Waals surface area contributed by atoms with Crippen LogP contribution in [0.15, 0.2) is 27.6 Å². The van der Waals surface area contributed by atoms with Crippen LogP contribution < -0.4 is 0 Å². The minimum Gasteiger partial charge on any atom is -0.387 e. The number of nitrogens with zero attached hydrogens (tertiary/aromatic N) is 1. The number of hydrogen-bond donors (Lipinski definition) is 1. The van der Waals surface area contributed by atoms with E-state index in [4.69, 9.17) is 5.26 Å². The molecule has 0 amide bonds. The van der Waals surface area contributed by atoms with Gasteiger partial charge in [0.15, 0.2) is 0 Å². The summed E-state index contributed by atoms with van der Waals surface area (Å²) < 4.78 is 0.717. The fourth-order valence-electron chi connectivity index (χ4n) is 1.95. The van der Waals surface area contributed by atoms with Gasteiger partial charge in [-0.15, -0.1) is 11.8 Å². The van der Waals surface area contributed by atoms with Crippen molar-refractivity contribution in [2.75, 3.05) is 0 Å². The van der Waals surface area contributed by atoms with Gasteiger partial charge >= 0.3 is 0 Å². The number of fused-ring (bicyclic) bond motifs is 1. The average molecular weight is 298 g/mol. The second kappa shape index (κ2) is 4.40. The molecule has 1 aliphatic rings. The molecule has 1 aromatic carbocycles. The Morgan fingerprint density at radius 2 is 2.38 bits per heavy atom. The van der Waals surface area contributed by atoms with Gasteiger partial charge in [-0.05, 0) is 37.1 Å². The molecular weight excluding hydrogens is 286 g/mol. The third kappa shape index (κ3) is 2.00. The number of halogens is 1. The summed E-state index contributed by atoms with van der Waals surface area (Å²) in [6.07, 6.45) is 0.704. The van der Waals surface area contributed by atoms with E-state index in [-0.39, 0.29) is 4.75 Å². The summed E-state index contributed by atoms with van der Waals surface area (Å²) >= 11 is 5.08. The van der Waals surface area contributed by atoms with E-state index < -0.39 is 6.10 Å². The Balaban J connectivity index is 2.30. The third-order valence-electron chi connectivity index (χ3n) is 2.92. The highest BCUT2D eigenvalue weighted by Crippen LogP contribution is 2.54. The molecule has 0 fully saturated rings. The zero-order valence-electron chi connectivity index (χ0n) is 8.90. The van der Waals surface area contributed by atoms with Crippen molar-refractivity contribution in [1.29, 1.82) is 5.26 Å². The van der Waals surface area contributed by atoms with E-state index in [2.05, 4.69) is 22.0 Å². The van der Waals surface area contributed by atoms with Crippen molar-refractivity contribution in [1.82, 2.24) is 0 Å². The van der Waals surface area contributed by atoms with E-state index in [1.165, 1.54) is 0 Å². The summed E-state index contributed by atoms with van der Waals surface area (Å²) in [5.41, 5.74) is 0.972. The fourth-order valence-corrected chi connectivity index (χ4v) is 3.70. The molecule has 2 unspecified atom stereocenters. The van der Waals surface area contributed by atoms with Gasteiger partial charge in [-0.2, -0.15) is 5.26 Å². The van der Waals surface area contributed by atoms with Gasteiger partial charge in [0.25, 0.3) is 0 Å². The van der Waals surface area contributed by atoms with Crippen molar-refractivity contribution in [2.45, 2.75) is 35.5 Å². The zero-order chi connectivity index (χ0) is 11.8. The maximum Gasteiger partial charge on any atom is 0.0948 e. The van der Waals surface area contributed by atoms with Crippen LogP contribution in [-0.2, 0) is 0 Å². The van der Waals surface area contributed by atoms with Crippen LogP contribution in [0.1, 0.15) is 31.4 Å². The Bertz CT molecular complexity index is 457. The lowest BCUT2D eigenvalue weighted by Crippen LogP contribution is -2.24. The van der Waals surface area contributed by atoms with Gasteiger partial charge in [-0.1, -0.05) is 15.9 Å². The highest BCUT2D eigenvalue weighted by molar-refractivity contribution is 9.10. The maximum atomic E-state index is 10.3. The van der Waals surface area contributed by atoms with Crippen LogP contribution in [-0.4, -0.2) is 9.85 Å². The molecule has 0 saturated heterocycles. The highest BCUT2D eigenvalue weighted by atomic mass is 79.9. The Morgan fingerprint density at radius 3 is 3.06 bits per heavy atom. The molecule has 0 bridgehead atoms. The number of aliphatic hydroxyl groups excluding tert-OH is 1. The largest absolute Gasteiger partial charge is 0.387 e. The minimum atomic E-state index is -0.488. The average Bonchev–Trinajstić information content (AvgIpc) is 2.50. The second-order valence-corrected chi connectivity index (χ2v) is 6.65. The molecule has 1 aliphatic heterocycles. The molecule has 1 N–H and O–H groups in total. The molecule has 2 atom stereocenters. The Kier molecular flexibility index (Phi) is 3.29. The Labute approximate surface area is 108 Å². The highest BCUT2D eigenvalue weighted by Gasteiger charge is 2.42. The summed E-state index contributed by atoms with van der Waals surface area (Å²) in [7, 11) is 0. The quantitative estimate of drug-likeness (QED) is 0.906. The Morgan fingerprint density at radius 1 is 1.62 bits per heavy atom. The predicted molar refractivity (Wildman–Crippen MR) is 68.2 cm³/mol. The van der Waals surface area contributed by atoms with E-state index in [0.29, 0.717) is 12.8 Å². The molecule has 16 heavy (non-hydrogen) atoms. The van der Waals surface area contributed by atoms with Crippen molar-refractivity contribution < 1.29 is 5.11 Å². The SMILES string of the molecule is CC1(CCC#N)Sc2ccc(Br)cc2C1O. The standard InChI is InChI=1S/C12H12BrNOS/c1-12(5-2-6-14)11(15)9-7-8(13)3-4-10(9)16-12/h3-4,7,11,15H,2,5H2,1H3. The summed E-state index contributed by atoms with van der Waals surface area (Å²) in [5.74, 6) is 0. The second-order valence-electron chi connectivity index (χ2n) is 4.16. The smallest absolute Gasteiger partial charge is 0.0948 e. The van der Waals surface area contributed by atoms with Gasteiger partial charge in [0.2, 0.25) is 0 Å². The predicted octanol–water partition coefficient (Wildman–Crippen LogP) is 3.65. The van der Waals surface area contributed by atoms with Crippen LogP contribution in [0.5, 0.6) is 0 Å². The molecule has 4 heteroatoms. The molecular formula is C12H12BrNOS. The fraction of sp³-hybridized carbons (Fsp3) is 0.417. The normalized spacial score (nSPS) is 27.5. The number of nitriles is 1. The Hall–Kier alpha value is -0.500. The van der Waals surface area contributed by atoms with Crippen LogP contribution in [0.4, 0.5) is 0 Å². The molecule has 0 aromatic heterocycles. The molecule has 0 saturated carbocycles. The molecule has 0 aliphatic carbocycles. The number of rotatable bonds is 2. The summed E-state index contributed by atoms with van der Waals surface area (Å²) in [6.45, 7) is 2.02. The third-order valence-corrected chi connectivity index (χ3v) is 4.90. The van der Waals surface area contributed by atoms with E-state index in [1.54, 1.807) is 11.8 Å². The van der Waals surface area contributed by atoms with Crippen molar-refractivity contribution in [3.63, 3.8) is 0 Å². The number of thioether (sulfide) groups is 1. The van der Waals surface area contributed by atoms with Gasteiger partial charge < -0.3 is 5.11 Å². The first-order valence-corrected chi connectivity index (χ1v) is 6.71. The first-order chi connectivity index (χ1) is 7.57. The van der Waals surface area contributed by atoms with E-state index in [9.17, 15) is 5.11 Å². The van der Waals surface area contributed by atoms with Crippen molar-refractivity contribution in [3.8, 4) is 6.07 Å². The monoisotopic (exact) mass is 297 g/mol. The van der Waals surface area contributed by atoms with Gasteiger partial charge in [0.1, 0.15) is 0 Å². The van der Waals surface area contributed by atoms with Gasteiger partial charge in [-0.3, -0.25) is 0 Å². The van der Waals surface area contributed by atoms with Crippen LogP contribution in [0.3, 0.4) is 0 Å². The van der Waals surface area contributed by atoms with Crippen LogP contribution in [0.25, 0.3) is 0 Å². The molecule has 1 aromatic rings. The topological polar surface area (TPSA) is 44.0 Å². The zero-order valence-corrected chi connectivity index (χ0v) is 11.3. The summed E-state index contributed by atoms with van der Waals surface area (Å²) in [5, 5.41) is 18.9. The maximum absolute atomic E-state index is 10.3. The lowest BCUT2D eigenvalue weighted by Gasteiger charge is -2.26. The molecule has 0 radical (unpaired) electrons. The molecule has 2 rings (SSSR count). The number of benzene rings is 1. The van der Waals surface area contributed by atoms with Gasteiger partial charge in [-0.25, -0.2) is 0 Å². The van der Waals surface area contributed by atoms with Gasteiger partial charge in [0, 0.05) is 20.5 Å². The van der Waals surface area contributed by atoms with Crippen LogP contribution in [0.2, 0.25) is 0 Å². The van der Waals surface area contributed by atoms with E-state index in [0.717, 1.165) is 14.9 Å². The number of aliphatic hydroxyl groups is 1. The minimum absolute atomic E-state index is 0.265. The van der Waals surface area contributed by atoms with Crippen molar-refractivity contribution in [3.05, 3.63) is 28.2 Å².